The number of nitrogens with zero attached hydrogens (tertiary/aromatic N) is 1. The number of benzene rings is 9. The monoisotopic (exact) mass is 703 g/mol. The Morgan fingerprint density at radius 3 is 1.71 bits per heavy atom. The molecule has 0 aliphatic heterocycles. The minimum Gasteiger partial charge on any atom is -0.310 e. The van der Waals surface area contributed by atoms with Crippen molar-refractivity contribution in [1.82, 2.24) is 0 Å². The zero-order chi connectivity index (χ0) is 37.1. The van der Waals surface area contributed by atoms with Crippen molar-refractivity contribution in [2.75, 3.05) is 4.90 Å². The topological polar surface area (TPSA) is 3.24 Å². The highest BCUT2D eigenvalue weighted by atomic mass is 15.1. The Hall–Kier alpha value is -6.44. The van der Waals surface area contributed by atoms with Gasteiger partial charge in [0.25, 0.3) is 0 Å². The van der Waals surface area contributed by atoms with Crippen LogP contribution in [0.3, 0.4) is 0 Å². The molecule has 9 aromatic rings. The van der Waals surface area contributed by atoms with Crippen LogP contribution in [0.2, 0.25) is 0 Å². The molecule has 0 spiro atoms. The smallest absolute Gasteiger partial charge is 0.0543 e. The Kier molecular flexibility index (Phi) is 6.72. The third-order valence-electron chi connectivity index (χ3n) is 12.9. The van der Waals surface area contributed by atoms with Crippen LogP contribution in [0.5, 0.6) is 0 Å². The number of rotatable bonds is 4. The van der Waals surface area contributed by atoms with Crippen LogP contribution in [-0.4, -0.2) is 0 Å². The van der Waals surface area contributed by atoms with Crippen molar-refractivity contribution < 1.29 is 0 Å². The maximum absolute atomic E-state index is 2.50. The van der Waals surface area contributed by atoms with Crippen molar-refractivity contribution in [3.05, 3.63) is 198 Å². The van der Waals surface area contributed by atoms with Gasteiger partial charge < -0.3 is 4.90 Å². The van der Waals surface area contributed by atoms with Crippen molar-refractivity contribution in [2.45, 2.75) is 38.5 Å². The average molecular weight is 704 g/mol. The van der Waals surface area contributed by atoms with E-state index in [-0.39, 0.29) is 10.8 Å². The SMILES string of the molecule is CC1(C)c2ccccc2-c2ccc(N(c3ccc(-c4ccc5ccc6c7ccccc7ccc6c5c4)cc3)c3cccc4c3-c3ccccc3C4(C)C)cc21. The molecule has 0 saturated heterocycles. The molecule has 0 N–H and O–H groups in total. The molecule has 0 aromatic heterocycles. The first-order chi connectivity index (χ1) is 26.8. The van der Waals surface area contributed by atoms with E-state index in [1.165, 1.54) is 99.3 Å². The summed E-state index contributed by atoms with van der Waals surface area (Å²) in [6, 6.07) is 65.9. The van der Waals surface area contributed by atoms with Crippen molar-refractivity contribution in [2.24, 2.45) is 0 Å². The van der Waals surface area contributed by atoms with E-state index >= 15 is 0 Å². The van der Waals surface area contributed by atoms with Gasteiger partial charge in [0, 0.05) is 27.8 Å². The van der Waals surface area contributed by atoms with Gasteiger partial charge in [-0.3, -0.25) is 0 Å². The van der Waals surface area contributed by atoms with Crippen LogP contribution >= 0.6 is 0 Å². The van der Waals surface area contributed by atoms with E-state index in [1.54, 1.807) is 0 Å². The standard InChI is InChI=1S/C54H41N/c1-53(2)48-17-10-8-15-45(48)52-49(53)18-11-19-51(52)55(39-28-31-44-43-14-7-9-16-47(43)54(3,4)50(44)33-39)38-26-22-34(23-27-38)37-21-20-36-25-29-41-40-13-6-5-12-35(40)24-30-42(41)46(36)32-37/h5-33H,1-4H3. The molecule has 0 fully saturated rings. The lowest BCUT2D eigenvalue weighted by Gasteiger charge is -2.30. The number of fused-ring (bicyclic) bond motifs is 11. The summed E-state index contributed by atoms with van der Waals surface area (Å²) in [7, 11) is 0. The molecule has 262 valence electrons. The second-order valence-electron chi connectivity index (χ2n) is 16.5. The first kappa shape index (κ1) is 32.0. The Balaban J connectivity index is 1.08. The molecule has 0 heterocycles. The second-order valence-corrected chi connectivity index (χ2v) is 16.5. The molecule has 55 heavy (non-hydrogen) atoms. The number of anilines is 3. The van der Waals surface area contributed by atoms with Crippen LogP contribution in [-0.2, 0) is 10.8 Å². The first-order valence-corrected chi connectivity index (χ1v) is 19.5. The van der Waals surface area contributed by atoms with Gasteiger partial charge >= 0.3 is 0 Å². The van der Waals surface area contributed by atoms with Gasteiger partial charge in [0.2, 0.25) is 0 Å². The number of hydrogen-bond donors (Lipinski definition) is 0. The zero-order valence-corrected chi connectivity index (χ0v) is 31.7. The second kappa shape index (κ2) is 11.5. The van der Waals surface area contributed by atoms with Gasteiger partial charge in [-0.15, -0.1) is 0 Å². The number of hydrogen-bond acceptors (Lipinski definition) is 1. The van der Waals surface area contributed by atoms with Gasteiger partial charge in [0.05, 0.1) is 5.69 Å². The summed E-state index contributed by atoms with van der Waals surface area (Å²) < 4.78 is 0. The van der Waals surface area contributed by atoms with Crippen LogP contribution < -0.4 is 4.90 Å². The van der Waals surface area contributed by atoms with Crippen LogP contribution in [0.4, 0.5) is 17.1 Å². The fourth-order valence-electron chi connectivity index (χ4n) is 9.98. The fraction of sp³-hybridized carbons (Fsp3) is 0.111. The zero-order valence-electron chi connectivity index (χ0n) is 31.7. The van der Waals surface area contributed by atoms with Crippen molar-refractivity contribution >= 4 is 49.4 Å². The van der Waals surface area contributed by atoms with Crippen molar-refractivity contribution in [3.63, 3.8) is 0 Å². The third kappa shape index (κ3) is 4.60. The van der Waals surface area contributed by atoms with E-state index in [1.807, 2.05) is 0 Å². The molecule has 0 bridgehead atoms. The largest absolute Gasteiger partial charge is 0.310 e. The van der Waals surface area contributed by atoms with Crippen LogP contribution in [0.25, 0.3) is 65.7 Å². The maximum atomic E-state index is 2.50. The lowest BCUT2D eigenvalue weighted by molar-refractivity contribution is 0.660. The quantitative estimate of drug-likeness (QED) is 0.165. The van der Waals surface area contributed by atoms with Gasteiger partial charge in [-0.25, -0.2) is 0 Å². The van der Waals surface area contributed by atoms with E-state index < -0.39 is 0 Å². The molecule has 0 unspecified atom stereocenters. The highest BCUT2D eigenvalue weighted by Crippen LogP contribution is 2.55. The van der Waals surface area contributed by atoms with Crippen LogP contribution in [0.1, 0.15) is 49.9 Å². The van der Waals surface area contributed by atoms with E-state index in [4.69, 9.17) is 0 Å². The van der Waals surface area contributed by atoms with E-state index in [0.29, 0.717) is 0 Å². The molecule has 1 heteroatoms. The van der Waals surface area contributed by atoms with Crippen molar-refractivity contribution in [3.8, 4) is 33.4 Å². The van der Waals surface area contributed by atoms with Gasteiger partial charge in [0.15, 0.2) is 0 Å². The summed E-state index contributed by atoms with van der Waals surface area (Å²) >= 11 is 0. The summed E-state index contributed by atoms with van der Waals surface area (Å²) in [5, 5.41) is 7.72. The molecule has 2 aliphatic carbocycles. The van der Waals surface area contributed by atoms with Gasteiger partial charge in [-0.2, -0.15) is 0 Å². The Morgan fingerprint density at radius 2 is 0.909 bits per heavy atom. The lowest BCUT2D eigenvalue weighted by Crippen LogP contribution is -2.17. The molecule has 1 nitrogen and oxygen atoms in total. The predicted octanol–water partition coefficient (Wildman–Crippen LogP) is 14.9. The van der Waals surface area contributed by atoms with E-state index in [0.717, 1.165) is 5.69 Å². The molecular formula is C54H41N. The summed E-state index contributed by atoms with van der Waals surface area (Å²) in [4.78, 5) is 2.50. The fourth-order valence-corrected chi connectivity index (χ4v) is 9.98. The van der Waals surface area contributed by atoms with Gasteiger partial charge in [0.1, 0.15) is 0 Å². The van der Waals surface area contributed by atoms with Crippen molar-refractivity contribution in [1.29, 1.82) is 0 Å². The molecule has 11 rings (SSSR count). The normalized spacial score (nSPS) is 14.5. The highest BCUT2D eigenvalue weighted by molar-refractivity contribution is 6.17. The minimum atomic E-state index is -0.1000. The Bertz CT molecular complexity index is 3030. The summed E-state index contributed by atoms with van der Waals surface area (Å²) in [5.41, 5.74) is 16.6. The Labute approximate surface area is 323 Å². The average Bonchev–Trinajstić information content (AvgIpc) is 3.60. The summed E-state index contributed by atoms with van der Waals surface area (Å²) in [6.45, 7) is 9.47. The molecule has 0 saturated carbocycles. The minimum absolute atomic E-state index is 0.0917. The predicted molar refractivity (Wildman–Crippen MR) is 234 cm³/mol. The molecular weight excluding hydrogens is 663 g/mol. The van der Waals surface area contributed by atoms with Gasteiger partial charge in [-0.05, 0) is 119 Å². The van der Waals surface area contributed by atoms with Crippen LogP contribution in [0.15, 0.2) is 176 Å². The van der Waals surface area contributed by atoms with Gasteiger partial charge in [-0.1, -0.05) is 167 Å². The molecule has 0 atom stereocenters. The van der Waals surface area contributed by atoms with E-state index in [9.17, 15) is 0 Å². The maximum Gasteiger partial charge on any atom is 0.0543 e. The highest BCUT2D eigenvalue weighted by Gasteiger charge is 2.39. The summed E-state index contributed by atoms with van der Waals surface area (Å²) in [6.07, 6.45) is 0. The lowest BCUT2D eigenvalue weighted by atomic mass is 9.82. The van der Waals surface area contributed by atoms with E-state index in [2.05, 4.69) is 209 Å². The molecule has 2 aliphatic rings. The molecule has 9 aromatic carbocycles. The summed E-state index contributed by atoms with van der Waals surface area (Å²) in [5.74, 6) is 0. The molecule has 0 radical (unpaired) electrons. The molecule has 0 amide bonds. The first-order valence-electron chi connectivity index (χ1n) is 19.5. The Morgan fingerprint density at radius 1 is 0.345 bits per heavy atom. The third-order valence-corrected chi connectivity index (χ3v) is 12.9. The van der Waals surface area contributed by atoms with Crippen LogP contribution in [0, 0.1) is 0 Å².